The van der Waals surface area contributed by atoms with Gasteiger partial charge in [0, 0.05) is 22.7 Å². The van der Waals surface area contributed by atoms with Crippen molar-refractivity contribution in [2.24, 2.45) is 0 Å². The van der Waals surface area contributed by atoms with E-state index in [9.17, 15) is 24.8 Å². The van der Waals surface area contributed by atoms with Crippen molar-refractivity contribution in [3.63, 3.8) is 0 Å². The van der Waals surface area contributed by atoms with Crippen LogP contribution in [0.2, 0.25) is 0 Å². The standard InChI is InChI=1S/C29H29N3O5/c1-29(2,3)31-28(35)25(17-12-20-7-5-4-6-8-20)30-27(34)23-14-18-26(32(36)37)22(19-23)13-9-21-10-15-24(33)16-11-21/h4-8,10-11,14-16,18-19,25,33H,12,17H2,1-3H3,(H,30,34)(H,31,35)/t25-/m0/s1. The van der Waals surface area contributed by atoms with E-state index in [0.717, 1.165) is 5.56 Å². The van der Waals surface area contributed by atoms with Gasteiger partial charge in [-0.25, -0.2) is 0 Å². The molecule has 0 saturated heterocycles. The molecular formula is C29H29N3O5. The molecule has 0 radical (unpaired) electrons. The van der Waals surface area contributed by atoms with E-state index >= 15 is 0 Å². The van der Waals surface area contributed by atoms with Gasteiger partial charge in [-0.3, -0.25) is 19.7 Å². The largest absolute Gasteiger partial charge is 0.508 e. The lowest BCUT2D eigenvalue weighted by Crippen LogP contribution is -2.52. The number of phenolic OH excluding ortho intramolecular Hbond substituents is 1. The highest BCUT2D eigenvalue weighted by Gasteiger charge is 2.25. The molecule has 3 N–H and O–H groups in total. The van der Waals surface area contributed by atoms with Crippen molar-refractivity contribution >= 4 is 17.5 Å². The van der Waals surface area contributed by atoms with Gasteiger partial charge in [-0.05, 0) is 75.6 Å². The maximum Gasteiger partial charge on any atom is 0.284 e. The van der Waals surface area contributed by atoms with E-state index in [4.69, 9.17) is 0 Å². The number of rotatable bonds is 7. The second-order valence-electron chi connectivity index (χ2n) is 9.58. The number of benzene rings is 3. The smallest absolute Gasteiger partial charge is 0.284 e. The molecule has 0 saturated carbocycles. The summed E-state index contributed by atoms with van der Waals surface area (Å²) in [5.41, 5.74) is 1.06. The number of aromatic hydroxyl groups is 1. The molecule has 3 aromatic rings. The number of carbonyl (C=O) groups excluding carboxylic acids is 2. The van der Waals surface area contributed by atoms with Crippen molar-refractivity contribution in [1.29, 1.82) is 0 Å². The van der Waals surface area contributed by atoms with Crippen molar-refractivity contribution in [3.05, 3.63) is 105 Å². The molecule has 0 aromatic heterocycles. The van der Waals surface area contributed by atoms with Crippen LogP contribution < -0.4 is 10.6 Å². The molecule has 0 aliphatic heterocycles. The third-order valence-electron chi connectivity index (χ3n) is 5.35. The average molecular weight is 500 g/mol. The molecule has 0 unspecified atom stereocenters. The van der Waals surface area contributed by atoms with Gasteiger partial charge in [0.15, 0.2) is 0 Å². The molecule has 8 nitrogen and oxygen atoms in total. The highest BCUT2D eigenvalue weighted by molar-refractivity contribution is 5.98. The summed E-state index contributed by atoms with van der Waals surface area (Å²) in [5.74, 6) is 4.78. The van der Waals surface area contributed by atoms with Crippen LogP contribution in [-0.2, 0) is 11.2 Å². The first-order valence-corrected chi connectivity index (χ1v) is 11.8. The van der Waals surface area contributed by atoms with Gasteiger partial charge in [0.2, 0.25) is 5.91 Å². The monoisotopic (exact) mass is 499 g/mol. The van der Waals surface area contributed by atoms with Crippen LogP contribution in [0.3, 0.4) is 0 Å². The lowest BCUT2D eigenvalue weighted by molar-refractivity contribution is -0.385. The molecule has 8 heteroatoms. The number of hydrogen-bond donors (Lipinski definition) is 3. The Morgan fingerprint density at radius 3 is 2.30 bits per heavy atom. The highest BCUT2D eigenvalue weighted by Crippen LogP contribution is 2.20. The van der Waals surface area contributed by atoms with Crippen LogP contribution in [0.25, 0.3) is 0 Å². The quantitative estimate of drug-likeness (QED) is 0.254. The Kier molecular flexibility index (Phi) is 8.64. The minimum Gasteiger partial charge on any atom is -0.508 e. The van der Waals surface area contributed by atoms with Crippen molar-refractivity contribution in [1.82, 2.24) is 10.6 Å². The summed E-state index contributed by atoms with van der Waals surface area (Å²) in [7, 11) is 0. The second-order valence-corrected chi connectivity index (χ2v) is 9.58. The van der Waals surface area contributed by atoms with Crippen LogP contribution in [0.15, 0.2) is 72.8 Å². The minimum absolute atomic E-state index is 0.0608. The summed E-state index contributed by atoms with van der Waals surface area (Å²) in [6.45, 7) is 5.57. The molecule has 0 heterocycles. The van der Waals surface area contributed by atoms with Crippen LogP contribution in [0, 0.1) is 22.0 Å². The highest BCUT2D eigenvalue weighted by atomic mass is 16.6. The van der Waals surface area contributed by atoms with Crippen LogP contribution in [0.1, 0.15) is 54.2 Å². The first-order chi connectivity index (χ1) is 17.5. The number of nitrogens with one attached hydrogen (secondary N) is 2. The van der Waals surface area contributed by atoms with Gasteiger partial charge in [0.25, 0.3) is 11.6 Å². The van der Waals surface area contributed by atoms with E-state index in [1.807, 2.05) is 51.1 Å². The number of carbonyl (C=O) groups is 2. The molecule has 3 rings (SSSR count). The summed E-state index contributed by atoms with van der Waals surface area (Å²) in [4.78, 5) is 37.1. The van der Waals surface area contributed by atoms with Gasteiger partial charge in [0.1, 0.15) is 17.4 Å². The maximum absolute atomic E-state index is 13.1. The first kappa shape index (κ1) is 27.0. The van der Waals surface area contributed by atoms with E-state index in [0.29, 0.717) is 18.4 Å². The fourth-order valence-corrected chi connectivity index (χ4v) is 3.54. The zero-order valence-electron chi connectivity index (χ0n) is 20.9. The Bertz CT molecular complexity index is 1330. The lowest BCUT2D eigenvalue weighted by Gasteiger charge is -2.25. The Labute approximate surface area is 215 Å². The Balaban J connectivity index is 1.85. The molecule has 37 heavy (non-hydrogen) atoms. The van der Waals surface area contributed by atoms with E-state index < -0.39 is 22.4 Å². The average Bonchev–Trinajstić information content (AvgIpc) is 2.85. The zero-order valence-corrected chi connectivity index (χ0v) is 20.9. The summed E-state index contributed by atoms with van der Waals surface area (Å²) in [6, 6.07) is 18.8. The Morgan fingerprint density at radius 2 is 1.68 bits per heavy atom. The SMILES string of the molecule is CC(C)(C)NC(=O)[C@H](CCc1ccccc1)NC(=O)c1ccc([N+](=O)[O-])c(C#Cc2ccc(O)cc2)c1. The summed E-state index contributed by atoms with van der Waals surface area (Å²) in [5, 5.41) is 26.6. The summed E-state index contributed by atoms with van der Waals surface area (Å²) < 4.78 is 0. The molecule has 2 amide bonds. The molecule has 1 atom stereocenters. The number of nitro groups is 1. The number of hydrogen-bond acceptors (Lipinski definition) is 5. The fraction of sp³-hybridized carbons (Fsp3) is 0.241. The van der Waals surface area contributed by atoms with Gasteiger partial charge < -0.3 is 15.7 Å². The maximum atomic E-state index is 13.1. The number of aryl methyl sites for hydroxylation is 1. The summed E-state index contributed by atoms with van der Waals surface area (Å²) >= 11 is 0. The second kappa shape index (κ2) is 11.9. The molecule has 190 valence electrons. The molecule has 0 fully saturated rings. The topological polar surface area (TPSA) is 122 Å². The van der Waals surface area contributed by atoms with Crippen LogP contribution in [-0.4, -0.2) is 33.4 Å². The predicted molar refractivity (Wildman–Crippen MR) is 141 cm³/mol. The van der Waals surface area contributed by atoms with Gasteiger partial charge >= 0.3 is 0 Å². The van der Waals surface area contributed by atoms with E-state index in [-0.39, 0.29) is 28.5 Å². The van der Waals surface area contributed by atoms with Gasteiger partial charge in [0.05, 0.1) is 4.92 Å². The Hall–Kier alpha value is -4.64. The van der Waals surface area contributed by atoms with Crippen molar-refractivity contribution in [2.45, 2.75) is 45.2 Å². The normalized spacial score (nSPS) is 11.5. The fourth-order valence-electron chi connectivity index (χ4n) is 3.54. The molecule has 0 spiro atoms. The van der Waals surface area contributed by atoms with Gasteiger partial charge in [-0.15, -0.1) is 0 Å². The van der Waals surface area contributed by atoms with Gasteiger partial charge in [-0.1, -0.05) is 42.2 Å². The van der Waals surface area contributed by atoms with Crippen molar-refractivity contribution in [3.8, 4) is 17.6 Å². The molecule has 3 aromatic carbocycles. The van der Waals surface area contributed by atoms with Crippen molar-refractivity contribution in [2.75, 3.05) is 0 Å². The number of amides is 2. The summed E-state index contributed by atoms with van der Waals surface area (Å²) in [6.07, 6.45) is 0.950. The predicted octanol–water partition coefficient (Wildman–Crippen LogP) is 4.35. The van der Waals surface area contributed by atoms with Crippen LogP contribution >= 0.6 is 0 Å². The van der Waals surface area contributed by atoms with E-state index in [2.05, 4.69) is 22.5 Å². The van der Waals surface area contributed by atoms with Crippen LogP contribution in [0.4, 0.5) is 5.69 Å². The number of phenols is 1. The van der Waals surface area contributed by atoms with E-state index in [1.54, 1.807) is 12.1 Å². The molecule has 0 aliphatic carbocycles. The van der Waals surface area contributed by atoms with Crippen LogP contribution in [0.5, 0.6) is 5.75 Å². The molecule has 0 aliphatic rings. The zero-order chi connectivity index (χ0) is 27.0. The van der Waals surface area contributed by atoms with Crippen molar-refractivity contribution < 1.29 is 19.6 Å². The molecular weight excluding hydrogens is 470 g/mol. The number of nitro benzene ring substituents is 1. The number of nitrogens with zero attached hydrogens (tertiary/aromatic N) is 1. The first-order valence-electron chi connectivity index (χ1n) is 11.8. The van der Waals surface area contributed by atoms with Gasteiger partial charge in [-0.2, -0.15) is 0 Å². The Morgan fingerprint density at radius 1 is 1.00 bits per heavy atom. The molecule has 0 bridgehead atoms. The third kappa shape index (κ3) is 8.22. The third-order valence-corrected chi connectivity index (χ3v) is 5.35. The lowest BCUT2D eigenvalue weighted by atomic mass is 10.0. The minimum atomic E-state index is -0.811. The van der Waals surface area contributed by atoms with E-state index in [1.165, 1.54) is 30.3 Å².